The Bertz CT molecular complexity index is 1300. The fourth-order valence-electron chi connectivity index (χ4n) is 6.74. The first-order valence-corrected chi connectivity index (χ1v) is 15.0. The molecule has 7 nitrogen and oxygen atoms in total. The molecule has 1 aromatic heterocycles. The van der Waals surface area contributed by atoms with E-state index in [4.69, 9.17) is 19.3 Å². The molecule has 0 aliphatic carbocycles. The average molecular weight is 551 g/mol. The topological polar surface area (TPSA) is 52.0 Å². The van der Waals surface area contributed by atoms with Crippen molar-refractivity contribution in [2.24, 2.45) is 11.8 Å². The lowest BCUT2D eigenvalue weighted by molar-refractivity contribution is -0.0366. The van der Waals surface area contributed by atoms with E-state index >= 15 is 0 Å². The van der Waals surface area contributed by atoms with Crippen molar-refractivity contribution in [3.05, 3.63) is 53.2 Å². The Labute approximate surface area is 237 Å². The SMILES string of the molecule is COc1cc(OCCN2CC(CF)C2)ccc1C1c2ccc3c(cnn3C3CCCCO3)c2CCN1CC(C)C. The van der Waals surface area contributed by atoms with Crippen molar-refractivity contribution in [1.82, 2.24) is 19.6 Å². The highest BCUT2D eigenvalue weighted by molar-refractivity contribution is 5.84. The lowest BCUT2D eigenvalue weighted by Gasteiger charge is -2.39. The zero-order valence-corrected chi connectivity index (χ0v) is 24.2. The molecular formula is C32H43FN4O3. The number of ether oxygens (including phenoxy) is 3. The molecule has 3 aliphatic rings. The van der Waals surface area contributed by atoms with Gasteiger partial charge in [-0.3, -0.25) is 14.2 Å². The molecule has 0 N–H and O–H groups in total. The second-order valence-electron chi connectivity index (χ2n) is 12.0. The van der Waals surface area contributed by atoms with Gasteiger partial charge in [0.2, 0.25) is 0 Å². The molecule has 3 aromatic rings. The molecule has 6 rings (SSSR count). The predicted molar refractivity (Wildman–Crippen MR) is 155 cm³/mol. The van der Waals surface area contributed by atoms with Crippen molar-refractivity contribution < 1.29 is 18.6 Å². The first-order chi connectivity index (χ1) is 19.6. The minimum absolute atomic E-state index is 0.0278. The molecular weight excluding hydrogens is 507 g/mol. The summed E-state index contributed by atoms with van der Waals surface area (Å²) in [6.45, 7) is 10.2. The van der Waals surface area contributed by atoms with Crippen LogP contribution < -0.4 is 9.47 Å². The number of hydrogen-bond acceptors (Lipinski definition) is 6. The zero-order valence-electron chi connectivity index (χ0n) is 24.2. The molecule has 2 aromatic carbocycles. The van der Waals surface area contributed by atoms with Crippen molar-refractivity contribution >= 4 is 10.9 Å². The van der Waals surface area contributed by atoms with Crippen LogP contribution >= 0.6 is 0 Å². The van der Waals surface area contributed by atoms with E-state index in [9.17, 15) is 4.39 Å². The van der Waals surface area contributed by atoms with Crippen LogP contribution in [0.4, 0.5) is 4.39 Å². The monoisotopic (exact) mass is 550 g/mol. The van der Waals surface area contributed by atoms with Gasteiger partial charge < -0.3 is 14.2 Å². The summed E-state index contributed by atoms with van der Waals surface area (Å²) in [6.07, 6.45) is 6.39. The van der Waals surface area contributed by atoms with Crippen LogP contribution in [0.1, 0.15) is 62.1 Å². The molecule has 0 saturated carbocycles. The van der Waals surface area contributed by atoms with Crippen LogP contribution in [0.15, 0.2) is 36.5 Å². The highest BCUT2D eigenvalue weighted by Gasteiger charge is 2.33. The summed E-state index contributed by atoms with van der Waals surface area (Å²) < 4.78 is 33.0. The minimum Gasteiger partial charge on any atom is -0.496 e. The summed E-state index contributed by atoms with van der Waals surface area (Å²) in [5.41, 5.74) is 5.04. The number of likely N-dealkylation sites (tertiary alicyclic amines) is 1. The van der Waals surface area contributed by atoms with Crippen LogP contribution in [-0.4, -0.2) is 79.3 Å². The fourth-order valence-corrected chi connectivity index (χ4v) is 6.74. The van der Waals surface area contributed by atoms with E-state index in [-0.39, 0.29) is 24.9 Å². The van der Waals surface area contributed by atoms with Gasteiger partial charge in [0.25, 0.3) is 0 Å². The Morgan fingerprint density at radius 1 is 1.12 bits per heavy atom. The van der Waals surface area contributed by atoms with Gasteiger partial charge in [0.1, 0.15) is 18.1 Å². The Balaban J connectivity index is 1.29. The lowest BCUT2D eigenvalue weighted by Crippen LogP contribution is -2.49. The van der Waals surface area contributed by atoms with Gasteiger partial charge in [-0.05, 0) is 60.9 Å². The third-order valence-electron chi connectivity index (χ3n) is 8.69. The van der Waals surface area contributed by atoms with Gasteiger partial charge in [-0.2, -0.15) is 5.10 Å². The third-order valence-corrected chi connectivity index (χ3v) is 8.69. The Morgan fingerprint density at radius 3 is 2.73 bits per heavy atom. The van der Waals surface area contributed by atoms with Crippen molar-refractivity contribution in [3.63, 3.8) is 0 Å². The minimum atomic E-state index is -0.225. The van der Waals surface area contributed by atoms with E-state index in [0.717, 1.165) is 81.2 Å². The van der Waals surface area contributed by atoms with Gasteiger partial charge >= 0.3 is 0 Å². The molecule has 4 heterocycles. The van der Waals surface area contributed by atoms with Gasteiger partial charge in [-0.25, -0.2) is 4.68 Å². The summed E-state index contributed by atoms with van der Waals surface area (Å²) in [5, 5.41) is 6.05. The van der Waals surface area contributed by atoms with E-state index in [1.54, 1.807) is 7.11 Å². The Kier molecular flexibility index (Phi) is 8.28. The zero-order chi connectivity index (χ0) is 27.6. The van der Waals surface area contributed by atoms with Crippen LogP contribution in [0.25, 0.3) is 10.9 Å². The normalized spacial score (nSPS) is 22.4. The average Bonchev–Trinajstić information content (AvgIpc) is 3.39. The lowest BCUT2D eigenvalue weighted by atomic mass is 9.85. The predicted octanol–water partition coefficient (Wildman–Crippen LogP) is 5.63. The number of alkyl halides is 1. The highest BCUT2D eigenvalue weighted by Crippen LogP contribution is 2.43. The van der Waals surface area contributed by atoms with E-state index in [2.05, 4.69) is 52.6 Å². The quantitative estimate of drug-likeness (QED) is 0.326. The summed E-state index contributed by atoms with van der Waals surface area (Å²) in [4.78, 5) is 4.83. The molecule has 0 bridgehead atoms. The summed E-state index contributed by atoms with van der Waals surface area (Å²) in [6, 6.07) is 10.9. The van der Waals surface area contributed by atoms with Crippen LogP contribution in [0, 0.1) is 11.8 Å². The van der Waals surface area contributed by atoms with E-state index in [1.165, 1.54) is 22.9 Å². The van der Waals surface area contributed by atoms with Crippen LogP contribution in [-0.2, 0) is 11.2 Å². The number of benzene rings is 2. The number of hydrogen-bond donors (Lipinski definition) is 0. The van der Waals surface area contributed by atoms with Gasteiger partial charge in [-0.1, -0.05) is 19.9 Å². The summed E-state index contributed by atoms with van der Waals surface area (Å²) in [7, 11) is 1.74. The van der Waals surface area contributed by atoms with Crippen molar-refractivity contribution in [3.8, 4) is 11.5 Å². The maximum atomic E-state index is 12.7. The van der Waals surface area contributed by atoms with Crippen molar-refractivity contribution in [2.75, 3.05) is 59.7 Å². The molecule has 2 atom stereocenters. The van der Waals surface area contributed by atoms with Crippen molar-refractivity contribution in [1.29, 1.82) is 0 Å². The van der Waals surface area contributed by atoms with Crippen LogP contribution in [0.3, 0.4) is 0 Å². The molecule has 0 amide bonds. The summed E-state index contributed by atoms with van der Waals surface area (Å²) >= 11 is 0. The summed E-state index contributed by atoms with van der Waals surface area (Å²) in [5.74, 6) is 2.39. The number of rotatable bonds is 10. The second kappa shape index (κ2) is 12.0. The smallest absolute Gasteiger partial charge is 0.150 e. The molecule has 40 heavy (non-hydrogen) atoms. The molecule has 2 unspecified atom stereocenters. The maximum absolute atomic E-state index is 12.7. The number of aromatic nitrogens is 2. The second-order valence-corrected chi connectivity index (χ2v) is 12.0. The first kappa shape index (κ1) is 27.5. The highest BCUT2D eigenvalue weighted by atomic mass is 19.1. The first-order valence-electron chi connectivity index (χ1n) is 15.0. The van der Waals surface area contributed by atoms with Crippen molar-refractivity contribution in [2.45, 2.75) is 51.8 Å². The molecule has 2 saturated heterocycles. The van der Waals surface area contributed by atoms with Gasteiger partial charge in [0, 0.05) is 62.3 Å². The molecule has 0 spiro atoms. The van der Waals surface area contributed by atoms with E-state index in [0.29, 0.717) is 12.5 Å². The van der Waals surface area contributed by atoms with Gasteiger partial charge in [0.15, 0.2) is 6.23 Å². The fraction of sp³-hybridized carbons (Fsp3) is 0.594. The Morgan fingerprint density at radius 2 is 1.98 bits per heavy atom. The van der Waals surface area contributed by atoms with Gasteiger partial charge in [0.05, 0.1) is 31.5 Å². The number of fused-ring (bicyclic) bond motifs is 3. The largest absolute Gasteiger partial charge is 0.496 e. The molecule has 3 aliphatic heterocycles. The number of halogens is 1. The Hall–Kier alpha value is -2.68. The van der Waals surface area contributed by atoms with Crippen LogP contribution in [0.5, 0.6) is 11.5 Å². The molecule has 2 fully saturated rings. The molecule has 0 radical (unpaired) electrons. The van der Waals surface area contributed by atoms with E-state index < -0.39 is 0 Å². The third kappa shape index (κ3) is 5.46. The molecule has 8 heteroatoms. The maximum Gasteiger partial charge on any atom is 0.150 e. The van der Waals surface area contributed by atoms with Gasteiger partial charge in [-0.15, -0.1) is 0 Å². The number of methoxy groups -OCH3 is 1. The standard InChI is InChI=1S/C32H43FN4O3/c1-22(2)19-36-12-11-25-26(9-10-29-28(25)18-34-37(29)31-6-4-5-14-40-31)32(36)27-8-7-24(16-30(27)38-3)39-15-13-35-20-23(17-33)21-35/h7-10,16,18,22-23,31-32H,4-6,11-15,17,19-21H2,1-3H3. The number of nitrogens with zero attached hydrogens (tertiary/aromatic N) is 4. The van der Waals surface area contributed by atoms with E-state index in [1.807, 2.05) is 12.3 Å². The molecule has 216 valence electrons. The van der Waals surface area contributed by atoms with Crippen LogP contribution in [0.2, 0.25) is 0 Å².